The zero-order valence-electron chi connectivity index (χ0n) is 21.4. The zero-order chi connectivity index (χ0) is 26.2. The minimum atomic E-state index is -1.18. The van der Waals surface area contributed by atoms with Crippen LogP contribution in [0.2, 0.25) is 0 Å². The summed E-state index contributed by atoms with van der Waals surface area (Å²) < 4.78 is 22.6. The summed E-state index contributed by atoms with van der Waals surface area (Å²) in [7, 11) is -1.18. The maximum atomic E-state index is 13.1. The van der Waals surface area contributed by atoms with E-state index in [1.54, 1.807) is 11.0 Å². The van der Waals surface area contributed by atoms with Gasteiger partial charge in [0, 0.05) is 33.3 Å². The number of aromatic nitrogens is 4. The number of amides is 1. The molecule has 2 heterocycles. The molecule has 3 N–H and O–H groups in total. The van der Waals surface area contributed by atoms with Crippen LogP contribution in [0.25, 0.3) is 22.2 Å². The fourth-order valence-corrected chi connectivity index (χ4v) is 6.16. The summed E-state index contributed by atoms with van der Waals surface area (Å²) in [6, 6.07) is 14.0. The molecule has 10 heteroatoms. The first-order valence-electron chi connectivity index (χ1n) is 13.2. The van der Waals surface area contributed by atoms with Crippen LogP contribution in [0, 0.1) is 5.92 Å². The number of anilines is 2. The van der Waals surface area contributed by atoms with Crippen molar-refractivity contribution in [2.75, 3.05) is 16.8 Å². The van der Waals surface area contributed by atoms with E-state index in [-0.39, 0.29) is 6.10 Å². The van der Waals surface area contributed by atoms with Crippen molar-refractivity contribution in [3.05, 3.63) is 55.1 Å². The number of nitrogens with two attached hydrogens (primary N) is 1. The Hall–Kier alpha value is -3.66. The normalized spacial score (nSPS) is 17.2. The molecule has 2 aliphatic carbocycles. The smallest absolute Gasteiger partial charge is 0.411 e. The molecule has 6 rings (SSSR count). The van der Waals surface area contributed by atoms with E-state index >= 15 is 0 Å². The summed E-state index contributed by atoms with van der Waals surface area (Å²) in [5.74, 6) is 0.948. The van der Waals surface area contributed by atoms with Crippen molar-refractivity contribution in [1.29, 1.82) is 0 Å². The zero-order valence-corrected chi connectivity index (χ0v) is 22.2. The highest BCUT2D eigenvalue weighted by Crippen LogP contribution is 2.44. The van der Waals surface area contributed by atoms with Crippen LogP contribution in [-0.2, 0) is 22.1 Å². The van der Waals surface area contributed by atoms with Gasteiger partial charge < -0.3 is 15.0 Å². The molecule has 38 heavy (non-hydrogen) atoms. The van der Waals surface area contributed by atoms with Crippen LogP contribution >= 0.6 is 0 Å². The largest absolute Gasteiger partial charge is 0.446 e. The Labute approximate surface area is 223 Å². The lowest BCUT2D eigenvalue weighted by Crippen LogP contribution is -2.21. The van der Waals surface area contributed by atoms with E-state index in [0.29, 0.717) is 35.6 Å². The number of nitrogens with zero attached hydrogens (tertiary/aromatic N) is 4. The van der Waals surface area contributed by atoms with Gasteiger partial charge in [-0.15, -0.1) is 0 Å². The van der Waals surface area contributed by atoms with Crippen LogP contribution in [0.15, 0.2) is 60.0 Å². The number of hydrogen-bond acceptors (Lipinski definition) is 6. The molecular formula is C28H32N6O3S. The van der Waals surface area contributed by atoms with Crippen LogP contribution in [-0.4, -0.2) is 41.5 Å². The van der Waals surface area contributed by atoms with E-state index in [1.165, 1.54) is 12.7 Å². The number of nitrogen functional groups attached to an aromatic ring is 1. The molecule has 2 aliphatic rings. The predicted octanol–water partition coefficient (Wildman–Crippen LogP) is 5.36. The van der Waals surface area contributed by atoms with Crippen LogP contribution in [0.5, 0.6) is 0 Å². The summed E-state index contributed by atoms with van der Waals surface area (Å²) in [5.41, 5.74) is 11.1. The summed E-state index contributed by atoms with van der Waals surface area (Å²) >= 11 is 0. The van der Waals surface area contributed by atoms with Gasteiger partial charge in [0.25, 0.3) is 0 Å². The van der Waals surface area contributed by atoms with Gasteiger partial charge in [-0.2, -0.15) is 5.10 Å². The summed E-state index contributed by atoms with van der Waals surface area (Å²) in [4.78, 5) is 17.0. The average molecular weight is 533 g/mol. The molecule has 2 unspecified atom stereocenters. The lowest BCUT2D eigenvalue weighted by atomic mass is 9.92. The Morgan fingerprint density at radius 2 is 1.97 bits per heavy atom. The fourth-order valence-electron chi connectivity index (χ4n) is 5.11. The van der Waals surface area contributed by atoms with E-state index in [1.807, 2.05) is 49.4 Å². The minimum Gasteiger partial charge on any atom is -0.446 e. The highest BCUT2D eigenvalue weighted by atomic mass is 32.2. The van der Waals surface area contributed by atoms with Crippen LogP contribution < -0.4 is 11.1 Å². The van der Waals surface area contributed by atoms with Gasteiger partial charge in [-0.3, -0.25) is 14.2 Å². The molecule has 2 saturated carbocycles. The van der Waals surface area contributed by atoms with E-state index in [0.717, 1.165) is 52.7 Å². The van der Waals surface area contributed by atoms with Gasteiger partial charge in [-0.05, 0) is 75.3 Å². The van der Waals surface area contributed by atoms with Crippen molar-refractivity contribution >= 4 is 39.2 Å². The summed E-state index contributed by atoms with van der Waals surface area (Å²) in [6.07, 6.45) is 8.22. The highest BCUT2D eigenvalue weighted by Gasteiger charge is 2.31. The molecule has 0 aliphatic heterocycles. The van der Waals surface area contributed by atoms with Gasteiger partial charge in [0.15, 0.2) is 0 Å². The van der Waals surface area contributed by atoms with E-state index < -0.39 is 16.9 Å². The Morgan fingerprint density at radius 3 is 2.63 bits per heavy atom. The first kappa shape index (κ1) is 24.7. The maximum absolute atomic E-state index is 13.1. The molecule has 2 aromatic carbocycles. The molecule has 1 amide bonds. The van der Waals surface area contributed by atoms with Gasteiger partial charge in [0.05, 0.1) is 34.2 Å². The molecule has 0 radical (unpaired) electrons. The van der Waals surface area contributed by atoms with Gasteiger partial charge in [-0.25, -0.2) is 9.78 Å². The second-order valence-corrected chi connectivity index (χ2v) is 11.8. The predicted molar refractivity (Wildman–Crippen MR) is 148 cm³/mol. The molecule has 198 valence electrons. The Morgan fingerprint density at radius 1 is 1.18 bits per heavy atom. The molecule has 4 aromatic rings. The minimum absolute atomic E-state index is 0.0611. The lowest BCUT2D eigenvalue weighted by Gasteiger charge is -2.30. The van der Waals surface area contributed by atoms with E-state index in [2.05, 4.69) is 20.0 Å². The Balaban J connectivity index is 1.27. The summed E-state index contributed by atoms with van der Waals surface area (Å²) in [5, 5.41) is 7.90. The maximum Gasteiger partial charge on any atom is 0.411 e. The monoisotopic (exact) mass is 532 g/mol. The van der Waals surface area contributed by atoms with Crippen LogP contribution in [0.4, 0.5) is 16.2 Å². The summed E-state index contributed by atoms with van der Waals surface area (Å²) in [6.45, 7) is 2.48. The molecule has 0 spiro atoms. The number of benzene rings is 2. The number of hydrogen-bond donors (Lipinski definition) is 2. The number of nitrogens with one attached hydrogen (secondary N) is 1. The highest BCUT2D eigenvalue weighted by molar-refractivity contribution is 7.85. The van der Waals surface area contributed by atoms with Crippen molar-refractivity contribution in [2.24, 2.45) is 5.92 Å². The van der Waals surface area contributed by atoms with Crippen molar-refractivity contribution in [2.45, 2.75) is 62.6 Å². The van der Waals surface area contributed by atoms with Crippen molar-refractivity contribution in [1.82, 2.24) is 19.3 Å². The standard InChI is InChI=1S/C28H32N6O3S/c1-18(19-5-6-19)37-28(35)32-21-9-7-20(8-10-21)27-26(29)24-12-11-23(15-25(24)34(27)22-3-2-4-22)38(36)14-13-33-17-30-16-31-33/h7-12,15-19,22H,2-6,13-14,29H2,1H3,(H,32,35). The Kier molecular flexibility index (Phi) is 6.65. The SMILES string of the molecule is CC(OC(=O)Nc1ccc(-c2c(N)c3ccc(S(=O)CCn4cncn4)cc3n2C2CCC2)cc1)C1CC1. The molecule has 9 nitrogen and oxygen atoms in total. The van der Waals surface area contributed by atoms with Crippen molar-refractivity contribution in [3.8, 4) is 11.3 Å². The first-order chi connectivity index (χ1) is 18.5. The third-order valence-electron chi connectivity index (χ3n) is 7.67. The third kappa shape index (κ3) is 4.92. The van der Waals surface area contributed by atoms with Gasteiger partial charge in [0.1, 0.15) is 18.8 Å². The van der Waals surface area contributed by atoms with E-state index in [9.17, 15) is 9.00 Å². The second-order valence-electron chi connectivity index (χ2n) is 10.3. The molecule has 2 fully saturated rings. The van der Waals surface area contributed by atoms with E-state index in [4.69, 9.17) is 10.5 Å². The Bertz CT molecular complexity index is 1470. The number of carbonyl (C=O) groups is 1. The van der Waals surface area contributed by atoms with Crippen LogP contribution in [0.1, 0.15) is 45.1 Å². The molecule has 0 bridgehead atoms. The number of rotatable bonds is 9. The van der Waals surface area contributed by atoms with Gasteiger partial charge in [-0.1, -0.05) is 12.1 Å². The topological polar surface area (TPSA) is 117 Å². The quantitative estimate of drug-likeness (QED) is 0.300. The third-order valence-corrected chi connectivity index (χ3v) is 9.01. The lowest BCUT2D eigenvalue weighted by molar-refractivity contribution is 0.108. The first-order valence-corrected chi connectivity index (χ1v) is 14.5. The average Bonchev–Trinajstić information content (AvgIpc) is 3.54. The second kappa shape index (κ2) is 10.2. The number of fused-ring (bicyclic) bond motifs is 1. The number of ether oxygens (including phenoxy) is 1. The fraction of sp³-hybridized carbons (Fsp3) is 0.393. The van der Waals surface area contributed by atoms with Crippen LogP contribution in [0.3, 0.4) is 0 Å². The van der Waals surface area contributed by atoms with Gasteiger partial charge in [0.2, 0.25) is 0 Å². The van der Waals surface area contributed by atoms with Crippen molar-refractivity contribution < 1.29 is 13.7 Å². The molecule has 2 atom stereocenters. The molecule has 0 saturated heterocycles. The molecule has 2 aromatic heterocycles. The number of carbonyl (C=O) groups excluding carboxylic acids is 1. The van der Waals surface area contributed by atoms with Gasteiger partial charge >= 0.3 is 6.09 Å². The molecular weight excluding hydrogens is 500 g/mol. The van der Waals surface area contributed by atoms with Crippen molar-refractivity contribution in [3.63, 3.8) is 0 Å². The number of aryl methyl sites for hydroxylation is 1.